The number of ketones is 1. The molecule has 0 aliphatic carbocycles. The normalized spacial score (nSPS) is 16.3. The van der Waals surface area contributed by atoms with E-state index in [1.165, 1.54) is 4.90 Å². The van der Waals surface area contributed by atoms with Crippen LogP contribution < -0.4 is 14.4 Å². The van der Waals surface area contributed by atoms with E-state index in [1.807, 2.05) is 79.3 Å². The number of methoxy groups -OCH3 is 1. The molecule has 5 aromatic rings. The topological polar surface area (TPSA) is 81.0 Å². The second kappa shape index (κ2) is 10.9. The summed E-state index contributed by atoms with van der Waals surface area (Å²) in [6.07, 6.45) is 1.91. The lowest BCUT2D eigenvalue weighted by Crippen LogP contribution is -2.29. The quantitative estimate of drug-likeness (QED) is 0.137. The molecular formula is C35H30N2O5. The van der Waals surface area contributed by atoms with Crippen molar-refractivity contribution in [3.05, 3.63) is 131 Å². The molecule has 1 N–H and O–H groups in total. The molecule has 1 atom stereocenters. The van der Waals surface area contributed by atoms with Gasteiger partial charge in [0, 0.05) is 47.0 Å². The number of aryl methyl sites for hydroxylation is 2. The lowest BCUT2D eigenvalue weighted by atomic mass is 9.94. The number of benzene rings is 4. The molecule has 0 bridgehead atoms. The van der Waals surface area contributed by atoms with Crippen molar-refractivity contribution in [3.63, 3.8) is 0 Å². The van der Waals surface area contributed by atoms with Gasteiger partial charge in [-0.3, -0.25) is 14.5 Å². The Bertz CT molecular complexity index is 1850. The molecule has 1 fully saturated rings. The molecular weight excluding hydrogens is 528 g/mol. The molecule has 6 rings (SSSR count). The van der Waals surface area contributed by atoms with Crippen LogP contribution in [0, 0.1) is 6.92 Å². The third-order valence-electron chi connectivity index (χ3n) is 7.68. The van der Waals surface area contributed by atoms with Gasteiger partial charge in [-0.2, -0.15) is 0 Å². The molecule has 2 heterocycles. The minimum absolute atomic E-state index is 0.0246. The van der Waals surface area contributed by atoms with Crippen molar-refractivity contribution in [3.8, 4) is 11.5 Å². The zero-order valence-electron chi connectivity index (χ0n) is 23.6. The first-order valence-electron chi connectivity index (χ1n) is 13.6. The summed E-state index contributed by atoms with van der Waals surface area (Å²) < 4.78 is 13.4. The summed E-state index contributed by atoms with van der Waals surface area (Å²) in [5, 5.41) is 12.6. The summed E-state index contributed by atoms with van der Waals surface area (Å²) in [6.45, 7) is 2.29. The first kappa shape index (κ1) is 26.9. The predicted molar refractivity (Wildman–Crippen MR) is 163 cm³/mol. The lowest BCUT2D eigenvalue weighted by Gasteiger charge is -2.25. The molecule has 0 saturated carbocycles. The standard InChI is InChI=1S/C35H30N2O5/c1-22-18-24(16-17-30(22)42-21-23-10-5-4-6-11-23)33(38)31-32(28-20-36(2)29-15-8-7-14-27(28)29)37(35(40)34(31)39)25-12-9-13-26(19-25)41-3/h4-20,32,38H,21H2,1-3H3/b33-31+. The maximum atomic E-state index is 13.7. The van der Waals surface area contributed by atoms with E-state index in [0.717, 1.165) is 27.6 Å². The van der Waals surface area contributed by atoms with Crippen LogP contribution in [-0.4, -0.2) is 28.5 Å². The van der Waals surface area contributed by atoms with Crippen LogP contribution >= 0.6 is 0 Å². The van der Waals surface area contributed by atoms with Crippen molar-refractivity contribution < 1.29 is 24.2 Å². The smallest absolute Gasteiger partial charge is 0.300 e. The minimum atomic E-state index is -0.863. The Kier molecular flexibility index (Phi) is 7.00. The molecule has 7 nitrogen and oxygen atoms in total. The molecule has 7 heteroatoms. The Morgan fingerprint density at radius 3 is 2.43 bits per heavy atom. The highest BCUT2D eigenvalue weighted by atomic mass is 16.5. The molecule has 42 heavy (non-hydrogen) atoms. The van der Waals surface area contributed by atoms with Crippen LogP contribution in [-0.2, 0) is 23.2 Å². The predicted octanol–water partition coefficient (Wildman–Crippen LogP) is 6.70. The highest BCUT2D eigenvalue weighted by Crippen LogP contribution is 2.45. The molecule has 1 saturated heterocycles. The Morgan fingerprint density at radius 2 is 1.67 bits per heavy atom. The van der Waals surface area contributed by atoms with Gasteiger partial charge in [0.05, 0.1) is 18.7 Å². The van der Waals surface area contributed by atoms with Gasteiger partial charge in [0.1, 0.15) is 23.9 Å². The largest absolute Gasteiger partial charge is 0.507 e. The number of ether oxygens (including phenoxy) is 2. The highest BCUT2D eigenvalue weighted by molar-refractivity contribution is 6.52. The number of Topliss-reactive ketones (excluding diaryl/α,β-unsaturated/α-hetero) is 1. The molecule has 1 aromatic heterocycles. The number of fused-ring (bicyclic) bond motifs is 1. The van der Waals surface area contributed by atoms with Gasteiger partial charge in [-0.25, -0.2) is 0 Å². The van der Waals surface area contributed by atoms with Gasteiger partial charge < -0.3 is 19.1 Å². The van der Waals surface area contributed by atoms with E-state index in [4.69, 9.17) is 9.47 Å². The van der Waals surface area contributed by atoms with Crippen molar-refractivity contribution in [2.45, 2.75) is 19.6 Å². The van der Waals surface area contributed by atoms with Crippen LogP contribution in [0.15, 0.2) is 109 Å². The fourth-order valence-electron chi connectivity index (χ4n) is 5.59. The number of carbonyl (C=O) groups is 2. The van der Waals surface area contributed by atoms with Crippen LogP contribution in [0.1, 0.15) is 28.3 Å². The number of nitrogens with zero attached hydrogens (tertiary/aromatic N) is 2. The van der Waals surface area contributed by atoms with E-state index in [1.54, 1.807) is 49.6 Å². The first-order chi connectivity index (χ1) is 20.4. The Labute approximate surface area is 243 Å². The number of aliphatic hydroxyl groups is 1. The van der Waals surface area contributed by atoms with Crippen molar-refractivity contribution in [1.29, 1.82) is 0 Å². The summed E-state index contributed by atoms with van der Waals surface area (Å²) in [5.41, 5.74) is 4.45. The number of carbonyl (C=O) groups excluding carboxylic acids is 2. The molecule has 1 aliphatic heterocycles. The summed E-state index contributed by atoms with van der Waals surface area (Å²) in [5.74, 6) is -0.502. The first-order valence-corrected chi connectivity index (χ1v) is 13.6. The molecule has 1 aliphatic rings. The van der Waals surface area contributed by atoms with Gasteiger partial charge in [0.25, 0.3) is 11.7 Å². The molecule has 1 amide bonds. The number of aliphatic hydroxyl groups excluding tert-OH is 1. The molecule has 0 radical (unpaired) electrons. The Hall–Kier alpha value is -5.30. The number of hydrogen-bond donors (Lipinski definition) is 1. The van der Waals surface area contributed by atoms with E-state index in [9.17, 15) is 14.7 Å². The van der Waals surface area contributed by atoms with Gasteiger partial charge in [-0.15, -0.1) is 0 Å². The number of aromatic nitrogens is 1. The number of hydrogen-bond acceptors (Lipinski definition) is 5. The number of amides is 1. The Balaban J connectivity index is 1.47. The average Bonchev–Trinajstić information content (AvgIpc) is 3.49. The van der Waals surface area contributed by atoms with E-state index >= 15 is 0 Å². The van der Waals surface area contributed by atoms with E-state index in [-0.39, 0.29) is 11.3 Å². The summed E-state index contributed by atoms with van der Waals surface area (Å²) in [4.78, 5) is 28.9. The summed E-state index contributed by atoms with van der Waals surface area (Å²) in [6, 6.07) is 29.1. The third-order valence-corrected chi connectivity index (χ3v) is 7.68. The van der Waals surface area contributed by atoms with E-state index in [0.29, 0.717) is 29.4 Å². The zero-order valence-corrected chi connectivity index (χ0v) is 23.6. The maximum absolute atomic E-state index is 13.7. The third kappa shape index (κ3) is 4.69. The van der Waals surface area contributed by atoms with Crippen LogP contribution in [0.4, 0.5) is 5.69 Å². The van der Waals surface area contributed by atoms with Crippen molar-refractivity contribution in [2.24, 2.45) is 7.05 Å². The van der Waals surface area contributed by atoms with Crippen LogP contribution in [0.2, 0.25) is 0 Å². The van der Waals surface area contributed by atoms with Gasteiger partial charge in [0.15, 0.2) is 0 Å². The molecule has 4 aromatic carbocycles. The van der Waals surface area contributed by atoms with Gasteiger partial charge in [-0.1, -0.05) is 54.6 Å². The van der Waals surface area contributed by atoms with E-state index < -0.39 is 17.7 Å². The second-order valence-corrected chi connectivity index (χ2v) is 10.3. The van der Waals surface area contributed by atoms with Gasteiger partial charge in [0.2, 0.25) is 0 Å². The molecule has 0 spiro atoms. The number of rotatable bonds is 7. The highest BCUT2D eigenvalue weighted by Gasteiger charge is 2.48. The van der Waals surface area contributed by atoms with Crippen LogP contribution in [0.25, 0.3) is 16.7 Å². The second-order valence-electron chi connectivity index (χ2n) is 10.3. The van der Waals surface area contributed by atoms with E-state index in [2.05, 4.69) is 0 Å². The fraction of sp³-hybridized carbons (Fsp3) is 0.143. The lowest BCUT2D eigenvalue weighted by molar-refractivity contribution is -0.132. The van der Waals surface area contributed by atoms with Gasteiger partial charge in [-0.05, 0) is 54.4 Å². The van der Waals surface area contributed by atoms with Crippen molar-refractivity contribution in [1.82, 2.24) is 4.57 Å². The van der Waals surface area contributed by atoms with Crippen molar-refractivity contribution in [2.75, 3.05) is 12.0 Å². The maximum Gasteiger partial charge on any atom is 0.300 e. The molecule has 1 unspecified atom stereocenters. The fourth-order valence-corrected chi connectivity index (χ4v) is 5.59. The van der Waals surface area contributed by atoms with Gasteiger partial charge >= 0.3 is 0 Å². The summed E-state index contributed by atoms with van der Waals surface area (Å²) in [7, 11) is 3.46. The van der Waals surface area contributed by atoms with Crippen molar-refractivity contribution >= 4 is 34.0 Å². The average molecular weight is 559 g/mol. The monoisotopic (exact) mass is 558 g/mol. The number of para-hydroxylation sites is 1. The summed E-state index contributed by atoms with van der Waals surface area (Å²) >= 11 is 0. The SMILES string of the molecule is COc1cccc(N2C(=O)C(=O)/C(=C(/O)c3ccc(OCc4ccccc4)c(C)c3)C2c2cn(C)c3ccccc23)c1. The number of anilines is 1. The molecule has 210 valence electrons. The minimum Gasteiger partial charge on any atom is -0.507 e. The Morgan fingerprint density at radius 1 is 0.905 bits per heavy atom. The zero-order chi connectivity index (χ0) is 29.4. The van der Waals surface area contributed by atoms with Crippen LogP contribution in [0.5, 0.6) is 11.5 Å². The van der Waals surface area contributed by atoms with Crippen LogP contribution in [0.3, 0.4) is 0 Å².